The summed E-state index contributed by atoms with van der Waals surface area (Å²) >= 11 is 0. The lowest BCUT2D eigenvalue weighted by Crippen LogP contribution is -2.25. The van der Waals surface area contributed by atoms with E-state index in [2.05, 4.69) is 15.0 Å². The van der Waals surface area contributed by atoms with Crippen molar-refractivity contribution >= 4 is 5.97 Å². The number of hydrogen-bond acceptors (Lipinski definition) is 4. The molecule has 0 aromatic carbocycles. The molecular weight excluding hydrogens is 194 g/mol. The molecule has 1 heterocycles. The molecule has 15 heavy (non-hydrogen) atoms. The van der Waals surface area contributed by atoms with Crippen molar-refractivity contribution in [1.82, 2.24) is 15.0 Å². The maximum atomic E-state index is 11.4. The third kappa shape index (κ3) is 2.16. The van der Waals surface area contributed by atoms with Gasteiger partial charge in [-0.15, -0.1) is 5.10 Å². The van der Waals surface area contributed by atoms with E-state index in [0.717, 1.165) is 5.69 Å². The molecule has 0 unspecified atom stereocenters. The van der Waals surface area contributed by atoms with Gasteiger partial charge in [-0.25, -0.2) is 9.48 Å². The van der Waals surface area contributed by atoms with Crippen LogP contribution in [0.1, 0.15) is 43.9 Å². The lowest BCUT2D eigenvalue weighted by molar-refractivity contribution is 0.0592. The van der Waals surface area contributed by atoms with Crippen molar-refractivity contribution in [3.63, 3.8) is 0 Å². The first-order chi connectivity index (χ1) is 6.91. The molecule has 0 aliphatic carbocycles. The first-order valence-corrected chi connectivity index (χ1v) is 4.95. The fourth-order valence-electron chi connectivity index (χ4n) is 1.41. The zero-order valence-corrected chi connectivity index (χ0v) is 9.87. The number of nitrogens with zero attached hydrogens (tertiary/aromatic N) is 3. The Morgan fingerprint density at radius 1 is 1.47 bits per heavy atom. The second kappa shape index (κ2) is 4.00. The van der Waals surface area contributed by atoms with Crippen LogP contribution in [0.25, 0.3) is 0 Å². The largest absolute Gasteiger partial charge is 0.464 e. The van der Waals surface area contributed by atoms with Crippen LogP contribution in [-0.4, -0.2) is 28.1 Å². The summed E-state index contributed by atoms with van der Waals surface area (Å²) in [5, 5.41) is 7.86. The van der Waals surface area contributed by atoms with Crippen LogP contribution in [0.3, 0.4) is 0 Å². The fourth-order valence-corrected chi connectivity index (χ4v) is 1.41. The second-order valence-electron chi connectivity index (χ2n) is 4.31. The van der Waals surface area contributed by atoms with Gasteiger partial charge >= 0.3 is 5.97 Å². The molecule has 1 aromatic rings. The van der Waals surface area contributed by atoms with Crippen LogP contribution in [-0.2, 0) is 16.7 Å². The predicted octanol–water partition coefficient (Wildman–Crippen LogP) is 1.38. The Morgan fingerprint density at radius 3 is 2.47 bits per heavy atom. The Balaban J connectivity index is 3.23. The summed E-state index contributed by atoms with van der Waals surface area (Å²) < 4.78 is 6.41. The maximum absolute atomic E-state index is 11.4. The van der Waals surface area contributed by atoms with Crippen LogP contribution in [0.15, 0.2) is 0 Å². The van der Waals surface area contributed by atoms with E-state index < -0.39 is 5.97 Å². The SMILES string of the molecule is CCc1c(C(=O)OC)nnn1C(C)(C)C. The number of hydrogen-bond donors (Lipinski definition) is 0. The van der Waals surface area contributed by atoms with Gasteiger partial charge in [-0.2, -0.15) is 0 Å². The molecule has 5 nitrogen and oxygen atoms in total. The molecule has 84 valence electrons. The highest BCUT2D eigenvalue weighted by Crippen LogP contribution is 2.18. The monoisotopic (exact) mass is 211 g/mol. The molecule has 1 aromatic heterocycles. The van der Waals surface area contributed by atoms with Gasteiger partial charge in [0.15, 0.2) is 5.69 Å². The molecule has 0 aliphatic heterocycles. The van der Waals surface area contributed by atoms with Crippen molar-refractivity contribution in [3.8, 4) is 0 Å². The van der Waals surface area contributed by atoms with Crippen LogP contribution < -0.4 is 0 Å². The lowest BCUT2D eigenvalue weighted by Gasteiger charge is -2.20. The van der Waals surface area contributed by atoms with Crippen molar-refractivity contribution in [2.45, 2.75) is 39.7 Å². The van der Waals surface area contributed by atoms with E-state index in [1.54, 1.807) is 4.68 Å². The molecule has 0 spiro atoms. The normalized spacial score (nSPS) is 11.5. The Morgan fingerprint density at radius 2 is 2.07 bits per heavy atom. The van der Waals surface area contributed by atoms with E-state index in [1.807, 2.05) is 27.7 Å². The van der Waals surface area contributed by atoms with Crippen LogP contribution in [0, 0.1) is 0 Å². The summed E-state index contributed by atoms with van der Waals surface area (Å²) in [7, 11) is 1.35. The fraction of sp³-hybridized carbons (Fsp3) is 0.700. The van der Waals surface area contributed by atoms with Crippen LogP contribution >= 0.6 is 0 Å². The molecule has 0 saturated heterocycles. The minimum Gasteiger partial charge on any atom is -0.464 e. The molecule has 0 atom stereocenters. The standard InChI is InChI=1S/C10H17N3O2/c1-6-7-8(9(14)15-5)11-12-13(7)10(2,3)4/h6H2,1-5H3. The van der Waals surface area contributed by atoms with Gasteiger partial charge in [-0.1, -0.05) is 12.1 Å². The number of carbonyl (C=O) groups is 1. The highest BCUT2D eigenvalue weighted by atomic mass is 16.5. The number of carbonyl (C=O) groups excluding carboxylic acids is 1. The third-order valence-electron chi connectivity index (χ3n) is 2.11. The summed E-state index contributed by atoms with van der Waals surface area (Å²) in [6.45, 7) is 8.01. The first kappa shape index (κ1) is 11.7. The van der Waals surface area contributed by atoms with E-state index in [9.17, 15) is 4.79 Å². The highest BCUT2D eigenvalue weighted by Gasteiger charge is 2.24. The van der Waals surface area contributed by atoms with Crippen molar-refractivity contribution in [2.24, 2.45) is 0 Å². The van der Waals surface area contributed by atoms with Crippen LogP contribution in [0.5, 0.6) is 0 Å². The minimum absolute atomic E-state index is 0.176. The van der Waals surface area contributed by atoms with Crippen molar-refractivity contribution < 1.29 is 9.53 Å². The van der Waals surface area contributed by atoms with Gasteiger partial charge in [0, 0.05) is 0 Å². The Labute approximate surface area is 89.4 Å². The zero-order valence-electron chi connectivity index (χ0n) is 9.87. The molecule has 0 radical (unpaired) electrons. The van der Waals surface area contributed by atoms with Crippen LogP contribution in [0.2, 0.25) is 0 Å². The van der Waals surface area contributed by atoms with Crippen molar-refractivity contribution in [3.05, 3.63) is 11.4 Å². The summed E-state index contributed by atoms with van der Waals surface area (Å²) in [6, 6.07) is 0. The van der Waals surface area contributed by atoms with Gasteiger partial charge in [-0.3, -0.25) is 0 Å². The minimum atomic E-state index is -0.428. The van der Waals surface area contributed by atoms with E-state index in [0.29, 0.717) is 12.1 Å². The van der Waals surface area contributed by atoms with Gasteiger partial charge in [0.25, 0.3) is 0 Å². The molecule has 0 fully saturated rings. The zero-order chi connectivity index (χ0) is 11.6. The van der Waals surface area contributed by atoms with Crippen molar-refractivity contribution in [2.75, 3.05) is 7.11 Å². The van der Waals surface area contributed by atoms with Crippen molar-refractivity contribution in [1.29, 1.82) is 0 Å². The quantitative estimate of drug-likeness (QED) is 0.693. The van der Waals surface area contributed by atoms with E-state index >= 15 is 0 Å². The summed E-state index contributed by atoms with van der Waals surface area (Å²) in [5.41, 5.74) is 0.953. The van der Waals surface area contributed by atoms with E-state index in [1.165, 1.54) is 7.11 Å². The van der Waals surface area contributed by atoms with Gasteiger partial charge in [0.05, 0.1) is 18.3 Å². The predicted molar refractivity (Wildman–Crippen MR) is 55.7 cm³/mol. The van der Waals surface area contributed by atoms with E-state index in [4.69, 9.17) is 0 Å². The number of esters is 1. The Kier molecular flexibility index (Phi) is 3.12. The molecule has 5 heteroatoms. The second-order valence-corrected chi connectivity index (χ2v) is 4.31. The smallest absolute Gasteiger partial charge is 0.360 e. The lowest BCUT2D eigenvalue weighted by atomic mass is 10.1. The van der Waals surface area contributed by atoms with Gasteiger partial charge in [0.2, 0.25) is 0 Å². The van der Waals surface area contributed by atoms with Gasteiger partial charge in [-0.05, 0) is 27.2 Å². The molecule has 0 amide bonds. The number of rotatable bonds is 2. The molecular formula is C10H17N3O2. The summed E-state index contributed by atoms with van der Waals surface area (Å²) in [4.78, 5) is 11.4. The average molecular weight is 211 g/mol. The summed E-state index contributed by atoms with van der Waals surface area (Å²) in [6.07, 6.45) is 0.703. The number of ether oxygens (including phenoxy) is 1. The number of methoxy groups -OCH3 is 1. The van der Waals surface area contributed by atoms with E-state index in [-0.39, 0.29) is 5.54 Å². The molecule has 0 saturated carbocycles. The Bertz CT molecular complexity index is 363. The molecule has 0 bridgehead atoms. The molecule has 0 aliphatic rings. The Hall–Kier alpha value is -1.39. The maximum Gasteiger partial charge on any atom is 0.360 e. The van der Waals surface area contributed by atoms with Crippen LogP contribution in [0.4, 0.5) is 0 Å². The molecule has 1 rings (SSSR count). The highest BCUT2D eigenvalue weighted by molar-refractivity contribution is 5.88. The summed E-state index contributed by atoms with van der Waals surface area (Å²) in [5.74, 6) is -0.428. The average Bonchev–Trinajstić information content (AvgIpc) is 2.59. The molecule has 0 N–H and O–H groups in total. The topological polar surface area (TPSA) is 57.0 Å². The third-order valence-corrected chi connectivity index (χ3v) is 2.11. The number of aromatic nitrogens is 3. The first-order valence-electron chi connectivity index (χ1n) is 4.95. The van der Waals surface area contributed by atoms with Gasteiger partial charge < -0.3 is 4.74 Å². The van der Waals surface area contributed by atoms with Gasteiger partial charge in [0.1, 0.15) is 0 Å².